The van der Waals surface area contributed by atoms with Crippen LogP contribution in [0.4, 0.5) is 0 Å². The maximum Gasteiger partial charge on any atom is 0.459 e. The zero-order chi connectivity index (χ0) is 29.0. The SMILES string of the molecule is CC(C)CC(C)OC(=O)[C@H](C)NP(=O)(OC[C@H]1OC(n2ccc(=O)[nH]c2=O)[C@](C)(O)[C@@H]1O)Oc1ccccc1. The zero-order valence-corrected chi connectivity index (χ0v) is 23.4. The molecule has 0 amide bonds. The fourth-order valence-corrected chi connectivity index (χ4v) is 5.68. The van der Waals surface area contributed by atoms with Crippen LogP contribution in [0.15, 0.2) is 52.2 Å². The third kappa shape index (κ3) is 7.87. The summed E-state index contributed by atoms with van der Waals surface area (Å²) in [4.78, 5) is 38.4. The summed E-state index contributed by atoms with van der Waals surface area (Å²) in [6, 6.07) is 8.07. The number of aromatic amines is 1. The lowest BCUT2D eigenvalue weighted by atomic mass is 9.96. The van der Waals surface area contributed by atoms with Gasteiger partial charge in [0.15, 0.2) is 6.23 Å². The smallest absolute Gasteiger partial charge is 0.459 e. The average molecular weight is 570 g/mol. The molecule has 0 bridgehead atoms. The van der Waals surface area contributed by atoms with Crippen LogP contribution >= 0.6 is 7.75 Å². The van der Waals surface area contributed by atoms with Crippen molar-refractivity contribution in [2.24, 2.45) is 5.92 Å². The molecular weight excluding hydrogens is 533 g/mol. The van der Waals surface area contributed by atoms with Crippen LogP contribution in [0.2, 0.25) is 0 Å². The standard InChI is InChI=1S/C25H36N3O10P/c1-15(2)13-16(3)36-22(31)17(4)27-39(34,38-18-9-7-6-8-10-18)35-14-19-21(30)25(5,33)23(37-19)28-12-11-20(29)26-24(28)32/h6-12,15-17,19,21,23,30,33H,13-14H2,1-5H3,(H,27,34)(H,26,29,32)/t16?,17-,19+,21+,23?,25+,39?/m0/s1. The second-order valence-electron chi connectivity index (χ2n) is 10.1. The highest BCUT2D eigenvalue weighted by molar-refractivity contribution is 7.52. The fourth-order valence-electron chi connectivity index (χ4n) is 4.17. The number of ether oxygens (including phenoxy) is 2. The van der Waals surface area contributed by atoms with Gasteiger partial charge >= 0.3 is 19.4 Å². The normalized spacial score (nSPS) is 26.1. The summed E-state index contributed by atoms with van der Waals surface area (Å²) in [5.41, 5.74) is -3.50. The molecule has 0 saturated carbocycles. The first-order valence-electron chi connectivity index (χ1n) is 12.6. The lowest BCUT2D eigenvalue weighted by Crippen LogP contribution is -2.47. The van der Waals surface area contributed by atoms with Crippen molar-refractivity contribution in [1.82, 2.24) is 14.6 Å². The molecule has 3 rings (SSSR count). The van der Waals surface area contributed by atoms with Gasteiger partial charge in [-0.3, -0.25) is 23.7 Å². The van der Waals surface area contributed by atoms with E-state index in [1.54, 1.807) is 25.1 Å². The molecule has 13 nitrogen and oxygen atoms in total. The predicted octanol–water partition coefficient (Wildman–Crippen LogP) is 1.71. The molecular formula is C25H36N3O10P. The first-order chi connectivity index (χ1) is 18.2. The minimum atomic E-state index is -4.29. The van der Waals surface area contributed by atoms with Crippen molar-refractivity contribution in [3.8, 4) is 5.75 Å². The molecule has 1 fully saturated rings. The number of carbonyl (C=O) groups is 1. The van der Waals surface area contributed by atoms with Gasteiger partial charge in [-0.2, -0.15) is 5.09 Å². The van der Waals surface area contributed by atoms with Gasteiger partial charge in [-0.25, -0.2) is 9.36 Å². The van der Waals surface area contributed by atoms with Crippen LogP contribution in [0.1, 0.15) is 47.3 Å². The van der Waals surface area contributed by atoms with E-state index >= 15 is 0 Å². The number of para-hydroxylation sites is 1. The van der Waals surface area contributed by atoms with Gasteiger partial charge in [-0.1, -0.05) is 32.0 Å². The van der Waals surface area contributed by atoms with Gasteiger partial charge in [0.25, 0.3) is 5.56 Å². The topological polar surface area (TPSA) is 178 Å². The Morgan fingerprint density at radius 2 is 1.87 bits per heavy atom. The van der Waals surface area contributed by atoms with Gasteiger partial charge in [0.05, 0.1) is 12.7 Å². The lowest BCUT2D eigenvalue weighted by Gasteiger charge is -2.27. The van der Waals surface area contributed by atoms with E-state index < -0.39 is 61.7 Å². The second kappa shape index (κ2) is 12.6. The monoisotopic (exact) mass is 569 g/mol. The van der Waals surface area contributed by atoms with Gasteiger partial charge < -0.3 is 24.2 Å². The molecule has 2 aromatic rings. The van der Waals surface area contributed by atoms with Crippen LogP contribution in [-0.2, 0) is 23.4 Å². The third-order valence-electron chi connectivity index (χ3n) is 6.06. The maximum absolute atomic E-state index is 13.8. The number of esters is 1. The zero-order valence-electron chi connectivity index (χ0n) is 22.5. The van der Waals surface area contributed by atoms with Gasteiger partial charge in [-0.05, 0) is 45.2 Å². The minimum Gasteiger partial charge on any atom is -0.461 e. The van der Waals surface area contributed by atoms with E-state index in [-0.39, 0.29) is 11.9 Å². The summed E-state index contributed by atoms with van der Waals surface area (Å²) < 4.78 is 37.0. The first kappa shape index (κ1) is 30.7. The highest BCUT2D eigenvalue weighted by Gasteiger charge is 2.54. The number of benzene rings is 1. The first-order valence-corrected chi connectivity index (χ1v) is 14.1. The van der Waals surface area contributed by atoms with Crippen LogP contribution < -0.4 is 20.9 Å². The molecule has 3 unspecified atom stereocenters. The summed E-state index contributed by atoms with van der Waals surface area (Å²) in [7, 11) is -4.29. The summed E-state index contributed by atoms with van der Waals surface area (Å²) in [6.45, 7) is 7.88. The van der Waals surface area contributed by atoms with Gasteiger partial charge in [0.2, 0.25) is 0 Å². The molecule has 216 valence electrons. The Hall–Kier alpha value is -2.80. The molecule has 1 saturated heterocycles. The molecule has 39 heavy (non-hydrogen) atoms. The lowest BCUT2D eigenvalue weighted by molar-refractivity contribution is -0.150. The average Bonchev–Trinajstić information content (AvgIpc) is 3.06. The number of rotatable bonds is 12. The van der Waals surface area contributed by atoms with Crippen LogP contribution in [0, 0.1) is 5.92 Å². The van der Waals surface area contributed by atoms with Crippen molar-refractivity contribution in [3.63, 3.8) is 0 Å². The van der Waals surface area contributed by atoms with E-state index in [9.17, 15) is 29.2 Å². The van der Waals surface area contributed by atoms with E-state index in [1.807, 2.05) is 13.8 Å². The minimum absolute atomic E-state index is 0.180. The van der Waals surface area contributed by atoms with Crippen LogP contribution in [0.5, 0.6) is 5.75 Å². The van der Waals surface area contributed by atoms with Crippen molar-refractivity contribution in [1.29, 1.82) is 0 Å². The number of aromatic nitrogens is 2. The Morgan fingerprint density at radius 3 is 2.49 bits per heavy atom. The van der Waals surface area contributed by atoms with E-state index in [0.717, 1.165) is 16.8 Å². The molecule has 1 aliphatic rings. The Kier molecular flexibility index (Phi) is 9.92. The molecule has 0 radical (unpaired) electrons. The maximum atomic E-state index is 13.8. The van der Waals surface area contributed by atoms with Gasteiger partial charge in [-0.15, -0.1) is 0 Å². The van der Waals surface area contributed by atoms with Crippen molar-refractivity contribution in [2.45, 2.75) is 77.2 Å². The van der Waals surface area contributed by atoms with Crippen molar-refractivity contribution in [3.05, 3.63) is 63.4 Å². The van der Waals surface area contributed by atoms with Crippen molar-refractivity contribution >= 4 is 13.7 Å². The summed E-state index contributed by atoms with van der Waals surface area (Å²) in [5.74, 6) is -0.182. The highest BCUT2D eigenvalue weighted by Crippen LogP contribution is 2.46. The largest absolute Gasteiger partial charge is 0.461 e. The van der Waals surface area contributed by atoms with Crippen molar-refractivity contribution < 1.29 is 38.1 Å². The summed E-state index contributed by atoms with van der Waals surface area (Å²) in [5, 5.41) is 24.2. The number of nitrogens with one attached hydrogen (secondary N) is 2. The van der Waals surface area contributed by atoms with Gasteiger partial charge in [0.1, 0.15) is 29.6 Å². The summed E-state index contributed by atoms with van der Waals surface area (Å²) >= 11 is 0. The number of carbonyl (C=O) groups excluding carboxylic acids is 1. The van der Waals surface area contributed by atoms with Crippen LogP contribution in [-0.4, -0.2) is 62.3 Å². The molecule has 14 heteroatoms. The van der Waals surface area contributed by atoms with E-state index in [2.05, 4.69) is 10.1 Å². The molecule has 7 atom stereocenters. The number of hydrogen-bond acceptors (Lipinski definition) is 10. The Morgan fingerprint density at radius 1 is 1.21 bits per heavy atom. The molecule has 0 spiro atoms. The summed E-state index contributed by atoms with van der Waals surface area (Å²) in [6.07, 6.45) is -2.87. The predicted molar refractivity (Wildman–Crippen MR) is 140 cm³/mol. The number of aliphatic hydroxyl groups is 2. The molecule has 1 aromatic heterocycles. The van der Waals surface area contributed by atoms with Crippen LogP contribution in [0.25, 0.3) is 0 Å². The fraction of sp³-hybridized carbons (Fsp3) is 0.560. The molecule has 1 aromatic carbocycles. The van der Waals surface area contributed by atoms with Crippen LogP contribution in [0.3, 0.4) is 0 Å². The van der Waals surface area contributed by atoms with Gasteiger partial charge in [0, 0.05) is 12.3 Å². The Bertz CT molecular complexity index is 1280. The molecule has 2 heterocycles. The molecule has 0 aliphatic carbocycles. The second-order valence-corrected chi connectivity index (χ2v) is 11.8. The Labute approximate surface area is 225 Å². The number of hydrogen-bond donors (Lipinski definition) is 4. The Balaban J connectivity index is 1.77. The van der Waals surface area contributed by atoms with Crippen molar-refractivity contribution in [2.75, 3.05) is 6.61 Å². The number of nitrogens with zero attached hydrogens (tertiary/aromatic N) is 1. The number of H-pyrrole nitrogens is 1. The van der Waals surface area contributed by atoms with E-state index in [4.69, 9.17) is 18.5 Å². The number of aliphatic hydroxyl groups excluding tert-OH is 1. The molecule has 4 N–H and O–H groups in total. The highest BCUT2D eigenvalue weighted by atomic mass is 31.2. The third-order valence-corrected chi connectivity index (χ3v) is 7.71. The van der Waals surface area contributed by atoms with E-state index in [1.165, 1.54) is 26.0 Å². The quantitative estimate of drug-likeness (QED) is 0.216. The van der Waals surface area contributed by atoms with E-state index in [0.29, 0.717) is 12.3 Å². The molecule has 1 aliphatic heterocycles.